The Hall–Kier alpha value is -1.10. The van der Waals surface area contributed by atoms with Gasteiger partial charge in [-0.25, -0.2) is 4.39 Å². The lowest BCUT2D eigenvalue weighted by Gasteiger charge is -2.17. The Labute approximate surface area is 90.7 Å². The van der Waals surface area contributed by atoms with Gasteiger partial charge in [0.1, 0.15) is 5.82 Å². The summed E-state index contributed by atoms with van der Waals surface area (Å²) in [6.45, 7) is 1.73. The first kappa shape index (κ1) is 13.0. The zero-order valence-corrected chi connectivity index (χ0v) is 8.68. The number of halogens is 4. The van der Waals surface area contributed by atoms with Crippen molar-refractivity contribution in [3.05, 3.63) is 35.1 Å². The lowest BCUT2D eigenvalue weighted by molar-refractivity contribution is -0.139. The summed E-state index contributed by atoms with van der Waals surface area (Å²) in [5.41, 5.74) is -1.37. The molecule has 1 N–H and O–H groups in total. The van der Waals surface area contributed by atoms with Crippen molar-refractivity contribution in [2.24, 2.45) is 0 Å². The molecule has 0 saturated heterocycles. The number of hydrogen-bond donors (Lipinski definition) is 1. The smallest absolute Gasteiger partial charge is 0.388 e. The third kappa shape index (κ3) is 2.95. The van der Waals surface area contributed by atoms with Crippen LogP contribution >= 0.6 is 0 Å². The summed E-state index contributed by atoms with van der Waals surface area (Å²) in [4.78, 5) is 0. The Balaban J connectivity index is 3.18. The average molecular weight is 236 g/mol. The highest BCUT2D eigenvalue weighted by molar-refractivity contribution is 5.32. The number of hydrogen-bond acceptors (Lipinski definition) is 1. The van der Waals surface area contributed by atoms with Crippen LogP contribution in [0.4, 0.5) is 17.6 Å². The third-order valence-corrected chi connectivity index (χ3v) is 2.24. The molecule has 1 nitrogen and oxygen atoms in total. The van der Waals surface area contributed by atoms with E-state index in [1.807, 2.05) is 0 Å². The minimum absolute atomic E-state index is 0.173. The quantitative estimate of drug-likeness (QED) is 0.794. The van der Waals surface area contributed by atoms with Crippen molar-refractivity contribution in [3.63, 3.8) is 0 Å². The first-order valence-corrected chi connectivity index (χ1v) is 4.91. The third-order valence-electron chi connectivity index (χ3n) is 2.24. The van der Waals surface area contributed by atoms with E-state index in [9.17, 15) is 22.7 Å². The molecule has 0 amide bonds. The molecule has 0 bridgehead atoms. The normalized spacial score (nSPS) is 13.9. The van der Waals surface area contributed by atoms with Gasteiger partial charge in [-0.15, -0.1) is 0 Å². The lowest BCUT2D eigenvalue weighted by Crippen LogP contribution is -2.12. The van der Waals surface area contributed by atoms with Crippen molar-refractivity contribution in [3.8, 4) is 0 Å². The van der Waals surface area contributed by atoms with E-state index in [4.69, 9.17) is 0 Å². The molecule has 1 atom stereocenters. The summed E-state index contributed by atoms with van der Waals surface area (Å²) in [6, 6.07) is 2.14. The van der Waals surface area contributed by atoms with Crippen molar-refractivity contribution in [2.45, 2.75) is 32.0 Å². The Morgan fingerprint density at radius 2 is 1.94 bits per heavy atom. The van der Waals surface area contributed by atoms with Crippen LogP contribution in [0.2, 0.25) is 0 Å². The van der Waals surface area contributed by atoms with Gasteiger partial charge in [-0.3, -0.25) is 0 Å². The predicted octanol–water partition coefficient (Wildman–Crippen LogP) is 3.68. The van der Waals surface area contributed by atoms with Crippen LogP contribution in [-0.4, -0.2) is 5.11 Å². The van der Waals surface area contributed by atoms with Crippen LogP contribution in [0.3, 0.4) is 0 Å². The maximum atomic E-state index is 12.9. The zero-order valence-electron chi connectivity index (χ0n) is 8.68. The molecule has 0 aliphatic rings. The van der Waals surface area contributed by atoms with Crippen LogP contribution in [0.5, 0.6) is 0 Å². The molecule has 0 radical (unpaired) electrons. The van der Waals surface area contributed by atoms with Crippen LogP contribution < -0.4 is 0 Å². The Morgan fingerprint density at radius 3 is 2.44 bits per heavy atom. The zero-order chi connectivity index (χ0) is 12.3. The van der Waals surface area contributed by atoms with E-state index in [2.05, 4.69) is 0 Å². The molecule has 16 heavy (non-hydrogen) atoms. The average Bonchev–Trinajstić information content (AvgIpc) is 2.16. The van der Waals surface area contributed by atoms with Gasteiger partial charge in [0.05, 0.1) is 11.7 Å². The largest absolute Gasteiger partial charge is 0.416 e. The molecule has 0 heterocycles. The number of alkyl halides is 3. The van der Waals surface area contributed by atoms with Crippen LogP contribution in [0.15, 0.2) is 18.2 Å². The fraction of sp³-hybridized carbons (Fsp3) is 0.455. The molecule has 1 unspecified atom stereocenters. The first-order valence-electron chi connectivity index (χ1n) is 4.91. The highest BCUT2D eigenvalue weighted by atomic mass is 19.4. The Kier molecular flexibility index (Phi) is 3.91. The Morgan fingerprint density at radius 1 is 1.31 bits per heavy atom. The fourth-order valence-electron chi connectivity index (χ4n) is 1.50. The van der Waals surface area contributed by atoms with Gasteiger partial charge in [0.2, 0.25) is 0 Å². The standard InChI is InChI=1S/C11H12F4O/c1-2-3-10(16)8-6-7(12)4-5-9(8)11(13,14)15/h4-6,10,16H,2-3H2,1H3. The van der Waals surface area contributed by atoms with E-state index in [0.29, 0.717) is 12.5 Å². The fourth-order valence-corrected chi connectivity index (χ4v) is 1.50. The molecule has 0 saturated carbocycles. The Bertz CT molecular complexity index is 359. The van der Waals surface area contributed by atoms with Crippen LogP contribution in [0.1, 0.15) is 37.0 Å². The van der Waals surface area contributed by atoms with E-state index in [1.165, 1.54) is 0 Å². The second-order valence-electron chi connectivity index (χ2n) is 3.53. The second kappa shape index (κ2) is 4.82. The van der Waals surface area contributed by atoms with Crippen molar-refractivity contribution in [1.82, 2.24) is 0 Å². The highest BCUT2D eigenvalue weighted by Gasteiger charge is 2.34. The highest BCUT2D eigenvalue weighted by Crippen LogP contribution is 2.36. The summed E-state index contributed by atoms with van der Waals surface area (Å²) >= 11 is 0. The maximum Gasteiger partial charge on any atom is 0.416 e. The topological polar surface area (TPSA) is 20.2 Å². The summed E-state index contributed by atoms with van der Waals surface area (Å²) in [7, 11) is 0. The lowest BCUT2D eigenvalue weighted by atomic mass is 9.99. The molecule has 0 aliphatic carbocycles. The van der Waals surface area contributed by atoms with E-state index in [0.717, 1.165) is 12.1 Å². The predicted molar refractivity (Wildman–Crippen MR) is 51.3 cm³/mol. The molecule has 5 heteroatoms. The molecule has 0 aliphatic heterocycles. The van der Waals surface area contributed by atoms with Crippen molar-refractivity contribution in [2.75, 3.05) is 0 Å². The minimum Gasteiger partial charge on any atom is -0.388 e. The van der Waals surface area contributed by atoms with E-state index >= 15 is 0 Å². The van der Waals surface area contributed by atoms with Crippen LogP contribution in [0.25, 0.3) is 0 Å². The van der Waals surface area contributed by atoms with Gasteiger partial charge in [0.15, 0.2) is 0 Å². The van der Waals surface area contributed by atoms with Gasteiger partial charge in [0, 0.05) is 0 Å². The molecule has 1 aromatic rings. The molecule has 0 spiro atoms. The van der Waals surface area contributed by atoms with Gasteiger partial charge < -0.3 is 5.11 Å². The molecular formula is C11H12F4O. The summed E-state index contributed by atoms with van der Waals surface area (Å²) in [6.07, 6.45) is -5.16. The van der Waals surface area contributed by atoms with Crippen molar-refractivity contribution < 1.29 is 22.7 Å². The van der Waals surface area contributed by atoms with Crippen LogP contribution in [-0.2, 0) is 6.18 Å². The number of aliphatic hydroxyl groups excluding tert-OH is 1. The summed E-state index contributed by atoms with van der Waals surface area (Å²) < 4.78 is 50.5. The minimum atomic E-state index is -4.57. The van der Waals surface area contributed by atoms with E-state index in [-0.39, 0.29) is 6.42 Å². The SMILES string of the molecule is CCCC(O)c1cc(F)ccc1C(F)(F)F. The van der Waals surface area contributed by atoms with Gasteiger partial charge in [-0.2, -0.15) is 13.2 Å². The molecular weight excluding hydrogens is 224 g/mol. The maximum absolute atomic E-state index is 12.9. The van der Waals surface area contributed by atoms with Crippen molar-refractivity contribution >= 4 is 0 Å². The van der Waals surface area contributed by atoms with Crippen LogP contribution in [0, 0.1) is 5.82 Å². The number of aliphatic hydroxyl groups is 1. The molecule has 1 rings (SSSR count). The van der Waals surface area contributed by atoms with Gasteiger partial charge >= 0.3 is 6.18 Å². The molecule has 0 aromatic heterocycles. The van der Waals surface area contributed by atoms with Crippen molar-refractivity contribution in [1.29, 1.82) is 0 Å². The summed E-state index contributed by atoms with van der Waals surface area (Å²) in [5.74, 6) is -0.779. The number of rotatable bonds is 3. The first-order chi connectivity index (χ1) is 7.36. The van der Waals surface area contributed by atoms with E-state index in [1.54, 1.807) is 6.92 Å². The van der Waals surface area contributed by atoms with Gasteiger partial charge in [-0.05, 0) is 30.2 Å². The van der Waals surface area contributed by atoms with Gasteiger partial charge in [-0.1, -0.05) is 13.3 Å². The number of benzene rings is 1. The monoisotopic (exact) mass is 236 g/mol. The molecule has 90 valence electrons. The molecule has 1 aromatic carbocycles. The summed E-state index contributed by atoms with van der Waals surface area (Å²) in [5, 5.41) is 9.52. The van der Waals surface area contributed by atoms with Gasteiger partial charge in [0.25, 0.3) is 0 Å². The van der Waals surface area contributed by atoms with E-state index < -0.39 is 29.2 Å². The molecule has 0 fully saturated rings. The second-order valence-corrected chi connectivity index (χ2v) is 3.53.